The Hall–Kier alpha value is -0.830. The highest BCUT2D eigenvalue weighted by atomic mass is 79.9. The topological polar surface area (TPSA) is 20.3 Å². The lowest BCUT2D eigenvalue weighted by molar-refractivity contribution is 0.0786. The molecule has 1 unspecified atom stereocenters. The van der Waals surface area contributed by atoms with Crippen LogP contribution in [0.1, 0.15) is 35.7 Å². The molecule has 1 saturated heterocycles. The molecule has 17 heavy (non-hydrogen) atoms. The van der Waals surface area contributed by atoms with Gasteiger partial charge in [-0.25, -0.2) is 0 Å². The van der Waals surface area contributed by atoms with Crippen molar-refractivity contribution in [3.8, 4) is 0 Å². The van der Waals surface area contributed by atoms with Crippen molar-refractivity contribution in [1.29, 1.82) is 0 Å². The zero-order valence-electron chi connectivity index (χ0n) is 10.4. The molecule has 92 valence electrons. The number of carbonyl (C=O) groups is 1. The summed E-state index contributed by atoms with van der Waals surface area (Å²) in [6.45, 7) is 6.01. The molecule has 2 nitrogen and oxygen atoms in total. The SMILES string of the molecule is CCC1CCN(C(=O)c2cccc(Br)c2C)C1. The van der Waals surface area contributed by atoms with Crippen LogP contribution < -0.4 is 0 Å². The molecule has 0 aliphatic carbocycles. The Morgan fingerprint density at radius 1 is 1.53 bits per heavy atom. The molecule has 1 amide bonds. The van der Waals surface area contributed by atoms with Gasteiger partial charge in [0.2, 0.25) is 0 Å². The standard InChI is InChI=1S/C14H18BrNO/c1-3-11-7-8-16(9-11)14(17)12-5-4-6-13(15)10(12)2/h4-6,11H,3,7-9H2,1-2H3. The molecule has 1 heterocycles. The van der Waals surface area contributed by atoms with E-state index in [0.717, 1.165) is 35.1 Å². The quantitative estimate of drug-likeness (QED) is 0.816. The van der Waals surface area contributed by atoms with Crippen LogP contribution in [-0.4, -0.2) is 23.9 Å². The summed E-state index contributed by atoms with van der Waals surface area (Å²) in [5.41, 5.74) is 1.87. The minimum absolute atomic E-state index is 0.180. The van der Waals surface area contributed by atoms with E-state index in [9.17, 15) is 4.79 Å². The van der Waals surface area contributed by atoms with Crippen molar-refractivity contribution in [2.75, 3.05) is 13.1 Å². The van der Waals surface area contributed by atoms with Gasteiger partial charge in [0.05, 0.1) is 0 Å². The normalized spacial score (nSPS) is 19.7. The van der Waals surface area contributed by atoms with Crippen molar-refractivity contribution in [2.24, 2.45) is 5.92 Å². The molecular formula is C14H18BrNO. The minimum Gasteiger partial charge on any atom is -0.338 e. The molecule has 1 aliphatic rings. The van der Waals surface area contributed by atoms with Crippen molar-refractivity contribution in [2.45, 2.75) is 26.7 Å². The van der Waals surface area contributed by atoms with E-state index < -0.39 is 0 Å². The second-order valence-electron chi connectivity index (χ2n) is 4.73. The molecule has 0 saturated carbocycles. The third-order valence-corrected chi connectivity index (χ3v) is 4.51. The average molecular weight is 296 g/mol. The average Bonchev–Trinajstić information content (AvgIpc) is 2.80. The van der Waals surface area contributed by atoms with Crippen LogP contribution in [0, 0.1) is 12.8 Å². The van der Waals surface area contributed by atoms with Gasteiger partial charge in [-0.1, -0.05) is 35.3 Å². The van der Waals surface area contributed by atoms with E-state index in [1.54, 1.807) is 0 Å². The summed E-state index contributed by atoms with van der Waals surface area (Å²) >= 11 is 3.48. The number of hydrogen-bond donors (Lipinski definition) is 0. The van der Waals surface area contributed by atoms with Crippen LogP contribution in [0.5, 0.6) is 0 Å². The van der Waals surface area contributed by atoms with Crippen LogP contribution in [0.25, 0.3) is 0 Å². The highest BCUT2D eigenvalue weighted by molar-refractivity contribution is 9.10. The van der Waals surface area contributed by atoms with Gasteiger partial charge in [0.15, 0.2) is 0 Å². The van der Waals surface area contributed by atoms with E-state index in [4.69, 9.17) is 0 Å². The van der Waals surface area contributed by atoms with Crippen molar-refractivity contribution in [3.63, 3.8) is 0 Å². The molecule has 1 aromatic carbocycles. The van der Waals surface area contributed by atoms with Gasteiger partial charge < -0.3 is 4.90 Å². The van der Waals surface area contributed by atoms with E-state index in [1.807, 2.05) is 30.0 Å². The Labute approximate surface area is 111 Å². The summed E-state index contributed by atoms with van der Waals surface area (Å²) in [7, 11) is 0. The van der Waals surface area contributed by atoms with Gasteiger partial charge >= 0.3 is 0 Å². The van der Waals surface area contributed by atoms with Gasteiger partial charge in [0, 0.05) is 23.1 Å². The molecule has 0 aromatic heterocycles. The zero-order valence-corrected chi connectivity index (χ0v) is 12.0. The van der Waals surface area contributed by atoms with Gasteiger partial charge in [-0.3, -0.25) is 4.79 Å². The molecule has 0 spiro atoms. The first kappa shape index (κ1) is 12.6. The minimum atomic E-state index is 0.180. The summed E-state index contributed by atoms with van der Waals surface area (Å²) in [5, 5.41) is 0. The fourth-order valence-electron chi connectivity index (χ4n) is 2.36. The third-order valence-electron chi connectivity index (χ3n) is 3.65. The van der Waals surface area contributed by atoms with Gasteiger partial charge in [0.1, 0.15) is 0 Å². The van der Waals surface area contributed by atoms with Crippen LogP contribution in [0.3, 0.4) is 0 Å². The molecule has 1 atom stereocenters. The summed E-state index contributed by atoms with van der Waals surface area (Å²) in [6.07, 6.45) is 2.32. The first-order valence-electron chi connectivity index (χ1n) is 6.18. The fraction of sp³-hybridized carbons (Fsp3) is 0.500. The van der Waals surface area contributed by atoms with E-state index in [1.165, 1.54) is 6.42 Å². The lowest BCUT2D eigenvalue weighted by Crippen LogP contribution is -2.29. The van der Waals surface area contributed by atoms with Crippen molar-refractivity contribution in [3.05, 3.63) is 33.8 Å². The molecule has 3 heteroatoms. The summed E-state index contributed by atoms with van der Waals surface area (Å²) in [6, 6.07) is 5.82. The number of nitrogens with zero attached hydrogens (tertiary/aromatic N) is 1. The lowest BCUT2D eigenvalue weighted by atomic mass is 10.1. The van der Waals surface area contributed by atoms with E-state index >= 15 is 0 Å². The Morgan fingerprint density at radius 2 is 2.29 bits per heavy atom. The van der Waals surface area contributed by atoms with Crippen molar-refractivity contribution >= 4 is 21.8 Å². The number of benzene rings is 1. The Morgan fingerprint density at radius 3 is 2.94 bits per heavy atom. The Balaban J connectivity index is 2.18. The Kier molecular flexibility index (Phi) is 3.87. The molecule has 1 aliphatic heterocycles. The number of hydrogen-bond acceptors (Lipinski definition) is 1. The highest BCUT2D eigenvalue weighted by Gasteiger charge is 2.26. The number of rotatable bonds is 2. The highest BCUT2D eigenvalue weighted by Crippen LogP contribution is 2.24. The van der Waals surface area contributed by atoms with Crippen LogP contribution in [0.15, 0.2) is 22.7 Å². The van der Waals surface area contributed by atoms with Crippen LogP contribution >= 0.6 is 15.9 Å². The first-order chi connectivity index (χ1) is 8.13. The predicted molar refractivity (Wildman–Crippen MR) is 73.2 cm³/mol. The van der Waals surface area contributed by atoms with Crippen LogP contribution in [0.4, 0.5) is 0 Å². The van der Waals surface area contributed by atoms with Crippen molar-refractivity contribution in [1.82, 2.24) is 4.90 Å². The maximum atomic E-state index is 12.4. The molecule has 0 bridgehead atoms. The van der Waals surface area contributed by atoms with Gasteiger partial charge in [-0.2, -0.15) is 0 Å². The third kappa shape index (κ3) is 2.54. The second kappa shape index (κ2) is 5.21. The smallest absolute Gasteiger partial charge is 0.254 e. The van der Waals surface area contributed by atoms with Crippen molar-refractivity contribution < 1.29 is 4.79 Å². The number of halogens is 1. The molecule has 1 aromatic rings. The maximum absolute atomic E-state index is 12.4. The summed E-state index contributed by atoms with van der Waals surface area (Å²) < 4.78 is 1.01. The maximum Gasteiger partial charge on any atom is 0.254 e. The van der Waals surface area contributed by atoms with E-state index in [0.29, 0.717) is 5.92 Å². The van der Waals surface area contributed by atoms with Gasteiger partial charge in [0.25, 0.3) is 5.91 Å². The van der Waals surface area contributed by atoms with Crippen LogP contribution in [0.2, 0.25) is 0 Å². The predicted octanol–water partition coefficient (Wildman–Crippen LogP) is 3.63. The Bertz CT molecular complexity index is 430. The molecule has 0 N–H and O–H groups in total. The summed E-state index contributed by atoms with van der Waals surface area (Å²) in [4.78, 5) is 14.4. The van der Waals surface area contributed by atoms with Crippen LogP contribution in [-0.2, 0) is 0 Å². The molecular weight excluding hydrogens is 278 g/mol. The zero-order chi connectivity index (χ0) is 12.4. The molecule has 2 rings (SSSR count). The number of likely N-dealkylation sites (tertiary alicyclic amines) is 1. The summed E-state index contributed by atoms with van der Waals surface area (Å²) in [5.74, 6) is 0.867. The van der Waals surface area contributed by atoms with Gasteiger partial charge in [-0.15, -0.1) is 0 Å². The lowest BCUT2D eigenvalue weighted by Gasteiger charge is -2.18. The van der Waals surface area contributed by atoms with E-state index in [-0.39, 0.29) is 5.91 Å². The largest absolute Gasteiger partial charge is 0.338 e. The molecule has 0 radical (unpaired) electrons. The monoisotopic (exact) mass is 295 g/mol. The first-order valence-corrected chi connectivity index (χ1v) is 6.97. The van der Waals surface area contributed by atoms with Gasteiger partial charge in [-0.05, 0) is 37.0 Å². The molecule has 1 fully saturated rings. The fourth-order valence-corrected chi connectivity index (χ4v) is 2.73. The number of amides is 1. The number of carbonyl (C=O) groups excluding carboxylic acids is 1. The van der Waals surface area contributed by atoms with E-state index in [2.05, 4.69) is 22.9 Å². The second-order valence-corrected chi connectivity index (χ2v) is 5.58.